The SMILES string of the molecule is O[Si](O)(O)c1ccc(Cn2cc[n+](Cc3ccc([Si](O)(O)O)cc3)c2)cc1. The van der Waals surface area contributed by atoms with Crippen molar-refractivity contribution in [3.8, 4) is 0 Å². The number of nitrogens with zero attached hydrogens (tertiary/aromatic N) is 2. The van der Waals surface area contributed by atoms with E-state index in [0.29, 0.717) is 13.1 Å². The van der Waals surface area contributed by atoms with Crippen LogP contribution in [0.3, 0.4) is 0 Å². The van der Waals surface area contributed by atoms with Crippen LogP contribution in [0.4, 0.5) is 0 Å². The van der Waals surface area contributed by atoms with Crippen LogP contribution in [0.5, 0.6) is 0 Å². The Morgan fingerprint density at radius 1 is 0.704 bits per heavy atom. The van der Waals surface area contributed by atoms with Crippen molar-refractivity contribution >= 4 is 28.0 Å². The van der Waals surface area contributed by atoms with Crippen molar-refractivity contribution in [1.29, 1.82) is 0 Å². The molecular weight excluding hydrogens is 384 g/mol. The van der Waals surface area contributed by atoms with E-state index in [2.05, 4.69) is 0 Å². The molecule has 0 atom stereocenters. The molecule has 3 aromatic rings. The van der Waals surface area contributed by atoms with Gasteiger partial charge in [-0.15, -0.1) is 0 Å². The lowest BCUT2D eigenvalue weighted by Crippen LogP contribution is -2.48. The molecule has 0 aliphatic rings. The first-order chi connectivity index (χ1) is 12.6. The Hall–Kier alpha value is -2.16. The molecule has 8 nitrogen and oxygen atoms in total. The third kappa shape index (κ3) is 5.18. The van der Waals surface area contributed by atoms with Gasteiger partial charge >= 0.3 is 17.6 Å². The lowest BCUT2D eigenvalue weighted by molar-refractivity contribution is -0.687. The maximum atomic E-state index is 9.28. The molecule has 0 saturated heterocycles. The van der Waals surface area contributed by atoms with Gasteiger partial charge in [-0.05, 0) is 11.1 Å². The second kappa shape index (κ2) is 7.46. The van der Waals surface area contributed by atoms with E-state index in [-0.39, 0.29) is 10.4 Å². The van der Waals surface area contributed by atoms with Gasteiger partial charge in [-0.2, -0.15) is 0 Å². The minimum atomic E-state index is -4.26. The Morgan fingerprint density at radius 3 is 1.67 bits per heavy atom. The fourth-order valence-corrected chi connectivity index (χ4v) is 3.94. The molecule has 0 aliphatic carbocycles. The summed E-state index contributed by atoms with van der Waals surface area (Å²) in [6, 6.07) is 13.0. The summed E-state index contributed by atoms with van der Waals surface area (Å²) in [5, 5.41) is 0.274. The smallest absolute Gasteiger partial charge is 0.386 e. The molecule has 0 amide bonds. The summed E-state index contributed by atoms with van der Waals surface area (Å²) in [6.07, 6.45) is 5.71. The predicted octanol–water partition coefficient (Wildman–Crippen LogP) is -2.88. The maximum absolute atomic E-state index is 9.28. The van der Waals surface area contributed by atoms with Gasteiger partial charge in [0.05, 0.1) is 0 Å². The summed E-state index contributed by atoms with van der Waals surface area (Å²) < 4.78 is 3.91. The molecule has 0 bridgehead atoms. The molecule has 27 heavy (non-hydrogen) atoms. The number of aromatic nitrogens is 2. The van der Waals surface area contributed by atoms with Gasteiger partial charge in [0.25, 0.3) is 0 Å². The van der Waals surface area contributed by atoms with E-state index in [4.69, 9.17) is 0 Å². The van der Waals surface area contributed by atoms with E-state index in [0.717, 1.165) is 11.1 Å². The Morgan fingerprint density at radius 2 is 1.19 bits per heavy atom. The zero-order chi connectivity index (χ0) is 19.7. The molecule has 0 saturated carbocycles. The topological polar surface area (TPSA) is 130 Å². The number of hydrogen-bond donors (Lipinski definition) is 6. The third-order valence-electron chi connectivity index (χ3n) is 4.16. The van der Waals surface area contributed by atoms with E-state index >= 15 is 0 Å². The normalized spacial score (nSPS) is 12.4. The van der Waals surface area contributed by atoms with Gasteiger partial charge in [0.1, 0.15) is 25.5 Å². The Labute approximate surface area is 157 Å². The Bertz CT molecular complexity index is 825. The number of hydrogen-bond acceptors (Lipinski definition) is 6. The van der Waals surface area contributed by atoms with Gasteiger partial charge in [0.2, 0.25) is 6.33 Å². The summed E-state index contributed by atoms with van der Waals surface area (Å²) in [7, 11) is -8.52. The minimum absolute atomic E-state index is 0.137. The standard InChI is InChI=1S/C17H21N2O6Si2/c20-26(21,22)16-5-1-14(2-6-16)11-18-9-10-19(13-18)12-15-3-7-17(8-4-15)27(23,24)25/h1-10,13,20-25H,11-12H2/q+1. The summed E-state index contributed by atoms with van der Waals surface area (Å²) >= 11 is 0. The van der Waals surface area contributed by atoms with Crippen LogP contribution in [0.15, 0.2) is 67.3 Å². The highest BCUT2D eigenvalue weighted by molar-refractivity contribution is 6.71. The molecule has 6 N–H and O–H groups in total. The van der Waals surface area contributed by atoms with Crippen LogP contribution in [-0.2, 0) is 13.1 Å². The fourth-order valence-electron chi connectivity index (χ4n) is 2.71. The molecular formula is C17H21N2O6Si2+. The van der Waals surface area contributed by atoms with Crippen molar-refractivity contribution in [3.05, 3.63) is 78.4 Å². The van der Waals surface area contributed by atoms with Crippen molar-refractivity contribution in [2.24, 2.45) is 0 Å². The summed E-state index contributed by atoms with van der Waals surface area (Å²) in [5.74, 6) is 0. The monoisotopic (exact) mass is 405 g/mol. The van der Waals surface area contributed by atoms with Gasteiger partial charge < -0.3 is 28.8 Å². The van der Waals surface area contributed by atoms with Crippen LogP contribution in [0.25, 0.3) is 0 Å². The molecule has 1 aromatic heterocycles. The molecule has 0 fully saturated rings. The minimum Gasteiger partial charge on any atom is -0.386 e. The van der Waals surface area contributed by atoms with Gasteiger partial charge in [-0.25, -0.2) is 9.13 Å². The molecule has 1 heterocycles. The number of imidazole rings is 1. The van der Waals surface area contributed by atoms with Crippen molar-refractivity contribution in [2.75, 3.05) is 0 Å². The van der Waals surface area contributed by atoms with E-state index in [1.165, 1.54) is 24.3 Å². The third-order valence-corrected chi connectivity index (χ3v) is 6.37. The molecule has 0 aliphatic heterocycles. The molecule has 10 heteroatoms. The first-order valence-corrected chi connectivity index (χ1v) is 11.9. The van der Waals surface area contributed by atoms with E-state index in [1.807, 2.05) is 27.9 Å². The molecule has 0 radical (unpaired) electrons. The molecule has 0 unspecified atom stereocenters. The lowest BCUT2D eigenvalue weighted by Gasteiger charge is -2.09. The average molecular weight is 406 g/mol. The van der Waals surface area contributed by atoms with Crippen molar-refractivity contribution in [3.63, 3.8) is 0 Å². The zero-order valence-electron chi connectivity index (χ0n) is 14.3. The lowest BCUT2D eigenvalue weighted by atomic mass is 10.2. The van der Waals surface area contributed by atoms with E-state index < -0.39 is 17.6 Å². The Kier molecular flexibility index (Phi) is 5.41. The zero-order valence-corrected chi connectivity index (χ0v) is 16.3. The van der Waals surface area contributed by atoms with Crippen molar-refractivity contribution in [2.45, 2.75) is 13.1 Å². The van der Waals surface area contributed by atoms with E-state index in [9.17, 15) is 28.8 Å². The van der Waals surface area contributed by atoms with E-state index in [1.54, 1.807) is 24.3 Å². The summed E-state index contributed by atoms with van der Waals surface area (Å²) in [5.41, 5.74) is 1.89. The van der Waals surface area contributed by atoms with Crippen molar-refractivity contribution < 1.29 is 33.3 Å². The first-order valence-electron chi connectivity index (χ1n) is 8.19. The second-order valence-electron chi connectivity index (χ2n) is 6.42. The summed E-state index contributed by atoms with van der Waals surface area (Å²) in [4.78, 5) is 55.7. The van der Waals surface area contributed by atoms with Crippen LogP contribution in [0.1, 0.15) is 11.1 Å². The number of benzene rings is 2. The average Bonchev–Trinajstić information content (AvgIpc) is 3.01. The quantitative estimate of drug-likeness (QED) is 0.193. The van der Waals surface area contributed by atoms with Crippen LogP contribution in [0.2, 0.25) is 0 Å². The fraction of sp³-hybridized carbons (Fsp3) is 0.118. The molecule has 0 spiro atoms. The molecule has 142 valence electrons. The molecule has 3 rings (SSSR count). The highest BCUT2D eigenvalue weighted by Gasteiger charge is 2.30. The number of rotatable bonds is 6. The van der Waals surface area contributed by atoms with Gasteiger partial charge in [-0.3, -0.25) is 0 Å². The highest BCUT2D eigenvalue weighted by Crippen LogP contribution is 2.03. The van der Waals surface area contributed by atoms with Crippen molar-refractivity contribution in [1.82, 2.24) is 4.57 Å². The Balaban J connectivity index is 1.65. The predicted molar refractivity (Wildman–Crippen MR) is 99.8 cm³/mol. The van der Waals surface area contributed by atoms with Gasteiger partial charge in [0, 0.05) is 10.4 Å². The van der Waals surface area contributed by atoms with Gasteiger partial charge in [-0.1, -0.05) is 48.5 Å². The molecule has 2 aromatic carbocycles. The largest absolute Gasteiger partial charge is 0.528 e. The first kappa shape index (κ1) is 19.6. The van der Waals surface area contributed by atoms with Crippen LogP contribution in [0, 0.1) is 0 Å². The van der Waals surface area contributed by atoms with Gasteiger partial charge in [0.15, 0.2) is 0 Å². The summed E-state index contributed by atoms with van der Waals surface area (Å²) in [6.45, 7) is 1.16. The second-order valence-corrected chi connectivity index (χ2v) is 10.1. The maximum Gasteiger partial charge on any atom is 0.528 e. The van der Waals surface area contributed by atoms with Crippen LogP contribution < -0.4 is 14.9 Å². The van der Waals surface area contributed by atoms with Crippen LogP contribution >= 0.6 is 0 Å². The van der Waals surface area contributed by atoms with Crippen LogP contribution in [-0.4, -0.2) is 50.9 Å². The highest BCUT2D eigenvalue weighted by atomic mass is 28.4.